The number of hydrogen-bond acceptors (Lipinski definition) is 4. The van der Waals surface area contributed by atoms with Crippen LogP contribution in [-0.4, -0.2) is 97.9 Å². The zero-order valence-electron chi connectivity index (χ0n) is 11.3. The molecule has 0 unspecified atom stereocenters. The molecule has 0 aromatic rings. The van der Waals surface area contributed by atoms with Crippen LogP contribution in [-0.2, 0) is 9.59 Å². The van der Waals surface area contributed by atoms with Gasteiger partial charge in [0.1, 0.15) is 0 Å². The van der Waals surface area contributed by atoms with E-state index >= 15 is 0 Å². The topological polar surface area (TPSA) is 47.1 Å². The van der Waals surface area contributed by atoms with Gasteiger partial charge in [0.25, 0.3) is 0 Å². The summed E-state index contributed by atoms with van der Waals surface area (Å²) in [5.74, 6) is -0.652. The Morgan fingerprint density at radius 1 is 0.611 bits per heavy atom. The molecule has 2 heterocycles. The highest BCUT2D eigenvalue weighted by Crippen LogP contribution is 2.05. The summed E-state index contributed by atoms with van der Waals surface area (Å²) in [6, 6.07) is 0. The summed E-state index contributed by atoms with van der Waals surface area (Å²) in [6.07, 6.45) is 0. The minimum atomic E-state index is -0.326. The van der Waals surface area contributed by atoms with Crippen LogP contribution in [0.1, 0.15) is 0 Å². The Balaban J connectivity index is 1.86. The summed E-state index contributed by atoms with van der Waals surface area (Å²) < 4.78 is 0. The fourth-order valence-electron chi connectivity index (χ4n) is 2.29. The number of hydrogen-bond donors (Lipinski definition) is 0. The van der Waals surface area contributed by atoms with E-state index in [0.717, 1.165) is 26.2 Å². The van der Waals surface area contributed by atoms with Gasteiger partial charge in [0, 0.05) is 52.4 Å². The summed E-state index contributed by atoms with van der Waals surface area (Å²) >= 11 is 0. The molecule has 0 aromatic heterocycles. The highest BCUT2D eigenvalue weighted by molar-refractivity contribution is 6.34. The van der Waals surface area contributed by atoms with E-state index < -0.39 is 0 Å². The molecule has 6 heteroatoms. The van der Waals surface area contributed by atoms with Gasteiger partial charge in [0.15, 0.2) is 0 Å². The molecule has 0 N–H and O–H groups in total. The van der Waals surface area contributed by atoms with E-state index in [-0.39, 0.29) is 11.8 Å². The van der Waals surface area contributed by atoms with Gasteiger partial charge in [0.2, 0.25) is 0 Å². The average molecular weight is 254 g/mol. The second-order valence-electron chi connectivity index (χ2n) is 5.19. The lowest BCUT2D eigenvalue weighted by Crippen LogP contribution is -2.55. The fourth-order valence-corrected chi connectivity index (χ4v) is 2.29. The molecule has 0 radical (unpaired) electrons. The van der Waals surface area contributed by atoms with E-state index in [4.69, 9.17) is 0 Å². The lowest BCUT2D eigenvalue weighted by Gasteiger charge is -2.35. The first-order valence-electron chi connectivity index (χ1n) is 6.53. The molecule has 2 aliphatic heterocycles. The molecule has 0 spiro atoms. The first kappa shape index (κ1) is 13.3. The van der Waals surface area contributed by atoms with Crippen molar-refractivity contribution in [2.45, 2.75) is 0 Å². The number of amides is 2. The molecular weight excluding hydrogens is 232 g/mol. The van der Waals surface area contributed by atoms with Gasteiger partial charge in [-0.2, -0.15) is 0 Å². The highest BCUT2D eigenvalue weighted by Gasteiger charge is 2.30. The molecule has 0 aliphatic carbocycles. The summed E-state index contributed by atoms with van der Waals surface area (Å²) in [7, 11) is 4.06. The van der Waals surface area contributed by atoms with Gasteiger partial charge in [0.05, 0.1) is 0 Å². The van der Waals surface area contributed by atoms with Gasteiger partial charge < -0.3 is 19.6 Å². The minimum absolute atomic E-state index is 0.326. The lowest BCUT2D eigenvalue weighted by atomic mass is 10.3. The smallest absolute Gasteiger partial charge is 0.312 e. The van der Waals surface area contributed by atoms with Gasteiger partial charge >= 0.3 is 11.8 Å². The Hall–Kier alpha value is -1.14. The molecule has 2 aliphatic rings. The quantitative estimate of drug-likeness (QED) is 0.495. The minimum Gasteiger partial charge on any atom is -0.332 e. The number of carbonyl (C=O) groups is 2. The zero-order valence-corrected chi connectivity index (χ0v) is 11.3. The molecular formula is C12H22N4O2. The van der Waals surface area contributed by atoms with E-state index in [1.54, 1.807) is 9.80 Å². The Morgan fingerprint density at radius 3 is 1.17 bits per heavy atom. The number of piperazine rings is 2. The van der Waals surface area contributed by atoms with Crippen molar-refractivity contribution < 1.29 is 9.59 Å². The molecule has 2 amide bonds. The van der Waals surface area contributed by atoms with Crippen molar-refractivity contribution in [2.75, 3.05) is 66.5 Å². The van der Waals surface area contributed by atoms with Crippen LogP contribution in [0.4, 0.5) is 0 Å². The third-order valence-corrected chi connectivity index (χ3v) is 3.76. The second-order valence-corrected chi connectivity index (χ2v) is 5.19. The van der Waals surface area contributed by atoms with E-state index in [1.165, 1.54) is 0 Å². The third-order valence-electron chi connectivity index (χ3n) is 3.76. The van der Waals surface area contributed by atoms with Crippen LogP contribution in [0.3, 0.4) is 0 Å². The van der Waals surface area contributed by atoms with Gasteiger partial charge in [-0.1, -0.05) is 0 Å². The highest BCUT2D eigenvalue weighted by atomic mass is 16.2. The number of nitrogens with zero attached hydrogens (tertiary/aromatic N) is 4. The zero-order chi connectivity index (χ0) is 13.1. The van der Waals surface area contributed by atoms with Crippen molar-refractivity contribution >= 4 is 11.8 Å². The monoisotopic (exact) mass is 254 g/mol. The van der Waals surface area contributed by atoms with Crippen LogP contribution in [0.25, 0.3) is 0 Å². The molecule has 18 heavy (non-hydrogen) atoms. The molecule has 0 atom stereocenters. The average Bonchev–Trinajstić information content (AvgIpc) is 2.39. The largest absolute Gasteiger partial charge is 0.332 e. The Kier molecular flexibility index (Phi) is 4.19. The third kappa shape index (κ3) is 3.00. The fraction of sp³-hybridized carbons (Fsp3) is 0.833. The molecule has 2 saturated heterocycles. The van der Waals surface area contributed by atoms with E-state index in [1.807, 2.05) is 14.1 Å². The predicted octanol–water partition coefficient (Wildman–Crippen LogP) is -1.47. The molecule has 102 valence electrons. The predicted molar refractivity (Wildman–Crippen MR) is 68.2 cm³/mol. The maximum Gasteiger partial charge on any atom is 0.312 e. The second kappa shape index (κ2) is 5.67. The SMILES string of the molecule is CN1CCN(C(=O)C(=O)N2CCN(C)CC2)CC1. The maximum atomic E-state index is 12.1. The molecule has 0 saturated carbocycles. The summed E-state index contributed by atoms with van der Waals surface area (Å²) in [6.45, 7) is 6.04. The summed E-state index contributed by atoms with van der Waals surface area (Å²) in [5, 5.41) is 0. The molecule has 2 rings (SSSR count). The van der Waals surface area contributed by atoms with Crippen molar-refractivity contribution in [1.29, 1.82) is 0 Å². The number of rotatable bonds is 0. The standard InChI is InChI=1S/C12H22N4O2/c1-13-3-7-15(8-4-13)11(17)12(18)16-9-5-14(2)6-10-16/h3-10H2,1-2H3. The number of likely N-dealkylation sites (N-methyl/N-ethyl adjacent to an activating group) is 2. The van der Waals surface area contributed by atoms with Gasteiger partial charge in [-0.05, 0) is 14.1 Å². The summed E-state index contributed by atoms with van der Waals surface area (Å²) in [5.41, 5.74) is 0. The van der Waals surface area contributed by atoms with Gasteiger partial charge in [-0.25, -0.2) is 0 Å². The van der Waals surface area contributed by atoms with Crippen LogP contribution in [0.2, 0.25) is 0 Å². The molecule has 6 nitrogen and oxygen atoms in total. The van der Waals surface area contributed by atoms with Crippen LogP contribution < -0.4 is 0 Å². The van der Waals surface area contributed by atoms with Gasteiger partial charge in [-0.15, -0.1) is 0 Å². The molecule has 0 bridgehead atoms. The first-order valence-corrected chi connectivity index (χ1v) is 6.53. The van der Waals surface area contributed by atoms with E-state index in [0.29, 0.717) is 26.2 Å². The van der Waals surface area contributed by atoms with Gasteiger partial charge in [-0.3, -0.25) is 9.59 Å². The van der Waals surface area contributed by atoms with Crippen LogP contribution in [0.15, 0.2) is 0 Å². The molecule has 2 fully saturated rings. The van der Waals surface area contributed by atoms with Crippen molar-refractivity contribution in [2.24, 2.45) is 0 Å². The van der Waals surface area contributed by atoms with Crippen molar-refractivity contribution in [3.05, 3.63) is 0 Å². The maximum absolute atomic E-state index is 12.1. The normalized spacial score (nSPS) is 23.2. The van der Waals surface area contributed by atoms with E-state index in [2.05, 4.69) is 9.80 Å². The van der Waals surface area contributed by atoms with Crippen LogP contribution in [0, 0.1) is 0 Å². The molecule has 0 aromatic carbocycles. The van der Waals surface area contributed by atoms with Crippen molar-refractivity contribution in [1.82, 2.24) is 19.6 Å². The summed E-state index contributed by atoms with van der Waals surface area (Å²) in [4.78, 5) is 31.9. The Morgan fingerprint density at radius 2 is 0.889 bits per heavy atom. The van der Waals surface area contributed by atoms with Crippen LogP contribution in [0.5, 0.6) is 0 Å². The number of carbonyl (C=O) groups excluding carboxylic acids is 2. The Bertz CT molecular complexity index is 286. The Labute approximate surface area is 108 Å². The van der Waals surface area contributed by atoms with Crippen molar-refractivity contribution in [3.8, 4) is 0 Å². The van der Waals surface area contributed by atoms with Crippen molar-refractivity contribution in [3.63, 3.8) is 0 Å². The first-order chi connectivity index (χ1) is 8.58. The van der Waals surface area contributed by atoms with Crippen LogP contribution >= 0.6 is 0 Å². The lowest BCUT2D eigenvalue weighted by molar-refractivity contribution is -0.153. The van der Waals surface area contributed by atoms with E-state index in [9.17, 15) is 9.59 Å².